The molecule has 1 heterocycles. The molecule has 0 unspecified atom stereocenters. The zero-order chi connectivity index (χ0) is 25.8. The molecule has 0 fully saturated rings. The first kappa shape index (κ1) is 27.5. The number of aromatic nitrogens is 3. The molecule has 36 heavy (non-hydrogen) atoms. The van der Waals surface area contributed by atoms with Crippen LogP contribution in [0.4, 0.5) is 5.69 Å². The third-order valence-corrected chi connectivity index (χ3v) is 6.50. The highest BCUT2D eigenvalue weighted by atomic mass is 16.3. The van der Waals surface area contributed by atoms with Crippen LogP contribution in [0.5, 0.6) is 5.75 Å². The second-order valence-corrected chi connectivity index (χ2v) is 9.46. The first-order valence-corrected chi connectivity index (χ1v) is 13.4. The Morgan fingerprint density at radius 2 is 1.72 bits per heavy atom. The van der Waals surface area contributed by atoms with E-state index in [-0.39, 0.29) is 11.7 Å². The maximum Gasteiger partial charge on any atom is 0.234 e. The maximum absolute atomic E-state index is 12.0. The summed E-state index contributed by atoms with van der Waals surface area (Å²) in [5.41, 5.74) is 10.1. The summed E-state index contributed by atoms with van der Waals surface area (Å²) in [4.78, 5) is 15.6. The Balaban J connectivity index is 1.38. The smallest absolute Gasteiger partial charge is 0.234 e. The number of hydrazine groups is 1. The highest BCUT2D eigenvalue weighted by Crippen LogP contribution is 2.27. The normalized spacial score (nSPS) is 11.2. The van der Waals surface area contributed by atoms with Crippen LogP contribution in [0.25, 0.3) is 16.7 Å². The summed E-state index contributed by atoms with van der Waals surface area (Å²) in [7, 11) is 1.99. The predicted octanol–water partition coefficient (Wildman–Crippen LogP) is 5.28. The molecule has 196 valence electrons. The summed E-state index contributed by atoms with van der Waals surface area (Å²) < 4.78 is 0. The van der Waals surface area contributed by atoms with E-state index in [0.29, 0.717) is 12.1 Å². The first-order chi connectivity index (χ1) is 17.5. The second kappa shape index (κ2) is 14.4. The zero-order valence-electron chi connectivity index (χ0n) is 22.1. The van der Waals surface area contributed by atoms with E-state index in [1.807, 2.05) is 31.3 Å². The lowest BCUT2D eigenvalue weighted by Crippen LogP contribution is -2.37. The van der Waals surface area contributed by atoms with E-state index >= 15 is 0 Å². The molecular formula is C28H42N6O2. The molecule has 8 nitrogen and oxygen atoms in total. The number of benzene rings is 2. The van der Waals surface area contributed by atoms with Crippen LogP contribution in [0.1, 0.15) is 77.2 Å². The van der Waals surface area contributed by atoms with Gasteiger partial charge in [-0.05, 0) is 55.5 Å². The van der Waals surface area contributed by atoms with Crippen molar-refractivity contribution in [3.8, 4) is 11.4 Å². The van der Waals surface area contributed by atoms with E-state index in [9.17, 15) is 9.90 Å². The SMILES string of the molecule is CCCCCCCCNNC(=O)CCCCN(C)c1ccc(-n2nc3ccc(CC)cc3n2)c(O)c1. The minimum atomic E-state index is 0.0378. The average molecular weight is 495 g/mol. The fourth-order valence-corrected chi connectivity index (χ4v) is 4.19. The molecule has 0 saturated heterocycles. The minimum Gasteiger partial charge on any atom is -0.506 e. The van der Waals surface area contributed by atoms with Gasteiger partial charge in [-0.15, -0.1) is 15.0 Å². The number of nitrogens with one attached hydrogen (secondary N) is 2. The van der Waals surface area contributed by atoms with E-state index in [4.69, 9.17) is 0 Å². The number of nitrogens with zero attached hydrogens (tertiary/aromatic N) is 4. The van der Waals surface area contributed by atoms with Gasteiger partial charge < -0.3 is 10.0 Å². The molecular weight excluding hydrogens is 452 g/mol. The summed E-state index contributed by atoms with van der Waals surface area (Å²) in [6.07, 6.45) is 10.6. The van der Waals surface area contributed by atoms with Crippen LogP contribution in [0.15, 0.2) is 36.4 Å². The fourth-order valence-electron chi connectivity index (χ4n) is 4.19. The van der Waals surface area contributed by atoms with E-state index < -0.39 is 0 Å². The largest absolute Gasteiger partial charge is 0.506 e. The Kier molecular flexibility index (Phi) is 11.0. The zero-order valence-corrected chi connectivity index (χ0v) is 22.1. The van der Waals surface area contributed by atoms with Gasteiger partial charge in [0.05, 0.1) is 0 Å². The summed E-state index contributed by atoms with van der Waals surface area (Å²) in [5.74, 6) is 0.169. The van der Waals surface area contributed by atoms with E-state index in [0.717, 1.165) is 55.5 Å². The van der Waals surface area contributed by atoms with Crippen LogP contribution in [0.3, 0.4) is 0 Å². The van der Waals surface area contributed by atoms with Crippen molar-refractivity contribution >= 4 is 22.6 Å². The van der Waals surface area contributed by atoms with Crippen LogP contribution in [0.2, 0.25) is 0 Å². The number of unbranched alkanes of at least 4 members (excludes halogenated alkanes) is 6. The van der Waals surface area contributed by atoms with Crippen molar-refractivity contribution < 1.29 is 9.90 Å². The lowest BCUT2D eigenvalue weighted by molar-refractivity contribution is -0.122. The van der Waals surface area contributed by atoms with Crippen molar-refractivity contribution in [1.29, 1.82) is 0 Å². The molecule has 0 saturated carbocycles. The molecule has 0 radical (unpaired) electrons. The van der Waals surface area contributed by atoms with Crippen LogP contribution in [0, 0.1) is 0 Å². The monoisotopic (exact) mass is 494 g/mol. The number of fused-ring (bicyclic) bond motifs is 1. The van der Waals surface area contributed by atoms with Crippen molar-refractivity contribution in [3.05, 3.63) is 42.0 Å². The van der Waals surface area contributed by atoms with Gasteiger partial charge >= 0.3 is 0 Å². The first-order valence-electron chi connectivity index (χ1n) is 13.4. The Hall–Kier alpha value is -3.13. The van der Waals surface area contributed by atoms with Crippen molar-refractivity contribution in [2.24, 2.45) is 0 Å². The third kappa shape index (κ3) is 8.22. The number of phenols is 1. The van der Waals surface area contributed by atoms with E-state index in [1.165, 1.54) is 42.5 Å². The number of hydrogen-bond acceptors (Lipinski definition) is 6. The summed E-state index contributed by atoms with van der Waals surface area (Å²) in [6, 6.07) is 11.6. The maximum atomic E-state index is 12.0. The number of hydrogen-bond donors (Lipinski definition) is 3. The van der Waals surface area contributed by atoms with Crippen molar-refractivity contribution in [2.75, 3.05) is 25.0 Å². The minimum absolute atomic E-state index is 0.0378. The molecule has 0 aliphatic rings. The number of phenolic OH excluding ortho intramolecular Hbond substituents is 1. The number of aryl methyl sites for hydroxylation is 1. The average Bonchev–Trinajstić information content (AvgIpc) is 3.31. The van der Waals surface area contributed by atoms with Gasteiger partial charge in [0.2, 0.25) is 5.91 Å². The number of rotatable bonds is 16. The van der Waals surface area contributed by atoms with Gasteiger partial charge in [-0.1, -0.05) is 52.0 Å². The molecule has 3 N–H and O–H groups in total. The molecule has 1 aromatic heterocycles. The van der Waals surface area contributed by atoms with Gasteiger partial charge in [-0.3, -0.25) is 10.2 Å². The highest BCUT2D eigenvalue weighted by Gasteiger charge is 2.12. The Labute approximate surface area is 215 Å². The molecule has 0 aliphatic heterocycles. The van der Waals surface area contributed by atoms with Gasteiger partial charge in [0, 0.05) is 38.3 Å². The van der Waals surface area contributed by atoms with Gasteiger partial charge in [0.25, 0.3) is 0 Å². The third-order valence-electron chi connectivity index (χ3n) is 6.50. The molecule has 1 amide bonds. The molecule has 0 bridgehead atoms. The van der Waals surface area contributed by atoms with E-state index in [1.54, 1.807) is 6.07 Å². The fraction of sp³-hybridized carbons (Fsp3) is 0.536. The second-order valence-electron chi connectivity index (χ2n) is 9.46. The quantitative estimate of drug-likeness (QED) is 0.185. The van der Waals surface area contributed by atoms with Gasteiger partial charge in [-0.2, -0.15) is 0 Å². The van der Waals surface area contributed by atoms with Gasteiger partial charge in [0.15, 0.2) is 0 Å². The van der Waals surface area contributed by atoms with Crippen LogP contribution < -0.4 is 15.8 Å². The van der Waals surface area contributed by atoms with Crippen molar-refractivity contribution in [3.63, 3.8) is 0 Å². The molecule has 3 aromatic rings. The van der Waals surface area contributed by atoms with E-state index in [2.05, 4.69) is 45.9 Å². The van der Waals surface area contributed by atoms with Crippen LogP contribution >= 0.6 is 0 Å². The number of aromatic hydroxyl groups is 1. The molecule has 3 rings (SSSR count). The Morgan fingerprint density at radius 1 is 0.944 bits per heavy atom. The number of carbonyl (C=O) groups is 1. The lowest BCUT2D eigenvalue weighted by Gasteiger charge is -2.20. The predicted molar refractivity (Wildman–Crippen MR) is 147 cm³/mol. The Morgan fingerprint density at radius 3 is 2.50 bits per heavy atom. The van der Waals surface area contributed by atoms with Crippen molar-refractivity contribution in [1.82, 2.24) is 25.8 Å². The molecule has 0 aliphatic carbocycles. The standard InChI is InChI=1S/C28H42N6O2/c1-4-6-7-8-9-11-18-29-30-28(36)13-10-12-19-33(3)23-15-17-26(27(35)21-23)34-31-24-16-14-22(5-2)20-25(24)32-34/h14-17,20-21,29,35H,4-13,18-19H2,1-3H3,(H,30,36). The van der Waals surface area contributed by atoms with Crippen LogP contribution in [-0.2, 0) is 11.2 Å². The molecule has 8 heteroatoms. The number of anilines is 1. The topological polar surface area (TPSA) is 95.3 Å². The van der Waals surface area contributed by atoms with Gasteiger partial charge in [-0.25, -0.2) is 5.43 Å². The summed E-state index contributed by atoms with van der Waals surface area (Å²) in [6.45, 7) is 5.95. The van der Waals surface area contributed by atoms with Gasteiger partial charge in [0.1, 0.15) is 22.5 Å². The summed E-state index contributed by atoms with van der Waals surface area (Å²) in [5, 5.41) is 19.7. The molecule has 2 aromatic carbocycles. The Bertz CT molecular complexity index is 1100. The van der Waals surface area contributed by atoms with Crippen molar-refractivity contribution in [2.45, 2.75) is 78.1 Å². The molecule has 0 atom stereocenters. The van der Waals surface area contributed by atoms with Crippen LogP contribution in [-0.4, -0.2) is 46.1 Å². The summed E-state index contributed by atoms with van der Waals surface area (Å²) >= 11 is 0. The number of carbonyl (C=O) groups excluding carboxylic acids is 1. The number of amides is 1. The molecule has 0 spiro atoms. The highest BCUT2D eigenvalue weighted by molar-refractivity contribution is 5.75. The lowest BCUT2D eigenvalue weighted by atomic mass is 10.1.